The van der Waals surface area contributed by atoms with Gasteiger partial charge in [-0.05, 0) is 42.7 Å². The highest BCUT2D eigenvalue weighted by atomic mass is 127. The molecule has 0 unspecified atom stereocenters. The number of methoxy groups -OCH3 is 2. The van der Waals surface area contributed by atoms with Gasteiger partial charge in [-0.3, -0.25) is 0 Å². The molecule has 5 nitrogen and oxygen atoms in total. The third-order valence-electron chi connectivity index (χ3n) is 4.98. The molecule has 26 heavy (non-hydrogen) atoms. The highest BCUT2D eigenvalue weighted by Crippen LogP contribution is 2.43. The summed E-state index contributed by atoms with van der Waals surface area (Å²) < 4.78 is 10.4. The summed E-state index contributed by atoms with van der Waals surface area (Å²) in [5.74, 6) is 0.896. The van der Waals surface area contributed by atoms with E-state index in [-0.39, 0.29) is 24.0 Å². The van der Waals surface area contributed by atoms with E-state index in [2.05, 4.69) is 41.8 Å². The van der Waals surface area contributed by atoms with Crippen LogP contribution in [0.5, 0.6) is 0 Å². The molecule has 1 fully saturated rings. The lowest BCUT2D eigenvalue weighted by molar-refractivity contribution is 0.0732. The monoisotopic (exact) mass is 475 g/mol. The summed E-state index contributed by atoms with van der Waals surface area (Å²) in [6, 6.07) is 8.44. The van der Waals surface area contributed by atoms with Gasteiger partial charge in [0.2, 0.25) is 0 Å². The molecule has 0 saturated heterocycles. The summed E-state index contributed by atoms with van der Waals surface area (Å²) in [5.41, 5.74) is 2.77. The summed E-state index contributed by atoms with van der Waals surface area (Å²) in [6.07, 6.45) is 5.01. The normalized spacial score (nSPS) is 15.7. The van der Waals surface area contributed by atoms with Crippen LogP contribution in [0.15, 0.2) is 29.3 Å². The van der Waals surface area contributed by atoms with Gasteiger partial charge in [-0.1, -0.05) is 30.7 Å². The van der Waals surface area contributed by atoms with Crippen molar-refractivity contribution in [2.75, 3.05) is 33.9 Å². The first-order valence-electron chi connectivity index (χ1n) is 9.29. The molecule has 0 amide bonds. The fraction of sp³-hybridized carbons (Fsp3) is 0.650. The van der Waals surface area contributed by atoms with Crippen LogP contribution >= 0.6 is 24.0 Å². The van der Waals surface area contributed by atoms with E-state index in [9.17, 15) is 0 Å². The molecule has 1 aromatic rings. The number of halogens is 1. The van der Waals surface area contributed by atoms with Crippen molar-refractivity contribution in [3.05, 3.63) is 35.4 Å². The largest absolute Gasteiger partial charge is 0.385 e. The molecule has 6 heteroatoms. The lowest BCUT2D eigenvalue weighted by Gasteiger charge is -2.42. The summed E-state index contributed by atoms with van der Waals surface area (Å²) in [6.45, 7) is 6.09. The molecular weight excluding hydrogens is 441 g/mol. The molecule has 0 aliphatic heterocycles. The van der Waals surface area contributed by atoms with E-state index in [0.29, 0.717) is 18.6 Å². The zero-order valence-corrected chi connectivity index (χ0v) is 18.7. The summed E-state index contributed by atoms with van der Waals surface area (Å²) in [7, 11) is 3.50. The number of benzene rings is 1. The van der Waals surface area contributed by atoms with Crippen LogP contribution in [0, 0.1) is 5.41 Å². The summed E-state index contributed by atoms with van der Waals surface area (Å²) in [5, 5.41) is 6.89. The third-order valence-corrected chi connectivity index (χ3v) is 4.98. The standard InChI is InChI=1S/C20H33N3O2.HI/c1-4-21-19(23-16-20(10-5-11-20)12-13-24-2)22-14-17-6-8-18(9-7-17)15-25-3;/h6-9H,4-5,10-16H2,1-3H3,(H2,21,22,23);1H. The SMILES string of the molecule is CCNC(=NCc1ccc(COC)cc1)NCC1(CCOC)CCC1.I. The zero-order valence-electron chi connectivity index (χ0n) is 16.3. The predicted octanol–water partition coefficient (Wildman–Crippen LogP) is 3.71. The quantitative estimate of drug-likeness (QED) is 0.308. The maximum atomic E-state index is 5.28. The van der Waals surface area contributed by atoms with Crippen molar-refractivity contribution in [3.8, 4) is 0 Å². The molecule has 0 aromatic heterocycles. The topological polar surface area (TPSA) is 54.9 Å². The lowest BCUT2D eigenvalue weighted by atomic mass is 9.67. The molecule has 0 atom stereocenters. The van der Waals surface area contributed by atoms with Gasteiger partial charge in [0.1, 0.15) is 0 Å². The fourth-order valence-electron chi connectivity index (χ4n) is 3.20. The Bertz CT molecular complexity index is 530. The zero-order chi connectivity index (χ0) is 18.0. The average molecular weight is 475 g/mol. The fourth-order valence-corrected chi connectivity index (χ4v) is 3.20. The Labute approximate surface area is 175 Å². The number of hydrogen-bond donors (Lipinski definition) is 2. The van der Waals surface area contributed by atoms with E-state index in [0.717, 1.165) is 32.1 Å². The van der Waals surface area contributed by atoms with Crippen LogP contribution in [0.2, 0.25) is 0 Å². The molecule has 2 N–H and O–H groups in total. The second-order valence-corrected chi connectivity index (χ2v) is 6.89. The van der Waals surface area contributed by atoms with Crippen molar-refractivity contribution in [2.45, 2.75) is 45.8 Å². The molecular formula is C20H34IN3O2. The lowest BCUT2D eigenvalue weighted by Crippen LogP contribution is -2.46. The van der Waals surface area contributed by atoms with Crippen LogP contribution in [0.3, 0.4) is 0 Å². The van der Waals surface area contributed by atoms with Crippen LogP contribution in [-0.2, 0) is 22.6 Å². The van der Waals surface area contributed by atoms with E-state index in [1.54, 1.807) is 14.2 Å². The van der Waals surface area contributed by atoms with E-state index >= 15 is 0 Å². The molecule has 0 bridgehead atoms. The Morgan fingerprint density at radius 1 is 1.08 bits per heavy atom. The van der Waals surface area contributed by atoms with Gasteiger partial charge in [-0.15, -0.1) is 24.0 Å². The van der Waals surface area contributed by atoms with Crippen LogP contribution in [0.4, 0.5) is 0 Å². The number of nitrogens with zero attached hydrogens (tertiary/aromatic N) is 1. The van der Waals surface area contributed by atoms with Gasteiger partial charge >= 0.3 is 0 Å². The minimum atomic E-state index is 0. The molecule has 0 spiro atoms. The van der Waals surface area contributed by atoms with Crippen molar-refractivity contribution < 1.29 is 9.47 Å². The van der Waals surface area contributed by atoms with E-state index in [1.165, 1.54) is 30.4 Å². The molecule has 1 aliphatic rings. The smallest absolute Gasteiger partial charge is 0.191 e. The van der Waals surface area contributed by atoms with Gasteiger partial charge in [0.25, 0.3) is 0 Å². The number of guanidine groups is 1. The molecule has 1 aromatic carbocycles. The average Bonchev–Trinajstić information content (AvgIpc) is 2.60. The first-order valence-corrected chi connectivity index (χ1v) is 9.29. The molecule has 148 valence electrons. The van der Waals surface area contributed by atoms with Gasteiger partial charge in [-0.2, -0.15) is 0 Å². The number of ether oxygens (including phenoxy) is 2. The van der Waals surface area contributed by atoms with E-state index in [4.69, 9.17) is 14.5 Å². The highest BCUT2D eigenvalue weighted by molar-refractivity contribution is 14.0. The van der Waals surface area contributed by atoms with Gasteiger partial charge in [0.15, 0.2) is 5.96 Å². The van der Waals surface area contributed by atoms with Crippen molar-refractivity contribution in [2.24, 2.45) is 10.4 Å². The molecule has 1 saturated carbocycles. The number of aliphatic imine (C=N–C) groups is 1. The number of hydrogen-bond acceptors (Lipinski definition) is 3. The first-order chi connectivity index (χ1) is 12.2. The highest BCUT2D eigenvalue weighted by Gasteiger charge is 2.36. The maximum absolute atomic E-state index is 5.28. The number of nitrogens with one attached hydrogen (secondary N) is 2. The third kappa shape index (κ3) is 7.40. The van der Waals surface area contributed by atoms with Gasteiger partial charge in [0.05, 0.1) is 13.2 Å². The van der Waals surface area contributed by atoms with Gasteiger partial charge < -0.3 is 20.1 Å². The minimum absolute atomic E-state index is 0. The van der Waals surface area contributed by atoms with Gasteiger partial charge in [-0.25, -0.2) is 4.99 Å². The van der Waals surface area contributed by atoms with Crippen LogP contribution in [-0.4, -0.2) is 39.9 Å². The van der Waals surface area contributed by atoms with E-state index in [1.807, 2.05) is 0 Å². The second kappa shape index (κ2) is 12.5. The Morgan fingerprint density at radius 2 is 1.77 bits per heavy atom. The molecule has 0 heterocycles. The Kier molecular flexibility index (Phi) is 11.2. The Morgan fingerprint density at radius 3 is 2.31 bits per heavy atom. The summed E-state index contributed by atoms with van der Waals surface area (Å²) in [4.78, 5) is 4.73. The van der Waals surface area contributed by atoms with Crippen molar-refractivity contribution >= 4 is 29.9 Å². The second-order valence-electron chi connectivity index (χ2n) is 6.89. The van der Waals surface area contributed by atoms with Crippen molar-refractivity contribution in [1.29, 1.82) is 0 Å². The first kappa shape index (κ1) is 23.2. The van der Waals surface area contributed by atoms with Crippen LogP contribution in [0.1, 0.15) is 43.7 Å². The van der Waals surface area contributed by atoms with Crippen molar-refractivity contribution in [3.63, 3.8) is 0 Å². The van der Waals surface area contributed by atoms with E-state index < -0.39 is 0 Å². The van der Waals surface area contributed by atoms with Crippen LogP contribution in [0.25, 0.3) is 0 Å². The Hall–Kier alpha value is -0.860. The van der Waals surface area contributed by atoms with Crippen LogP contribution < -0.4 is 10.6 Å². The molecule has 1 aliphatic carbocycles. The van der Waals surface area contributed by atoms with Crippen molar-refractivity contribution in [1.82, 2.24) is 10.6 Å². The Balaban J connectivity index is 0.00000338. The maximum Gasteiger partial charge on any atom is 0.191 e. The molecule has 0 radical (unpaired) electrons. The number of rotatable bonds is 10. The minimum Gasteiger partial charge on any atom is -0.385 e. The predicted molar refractivity (Wildman–Crippen MR) is 118 cm³/mol. The molecule has 2 rings (SSSR count). The van der Waals surface area contributed by atoms with Gasteiger partial charge in [0, 0.05) is 33.9 Å². The summed E-state index contributed by atoms with van der Waals surface area (Å²) >= 11 is 0.